The summed E-state index contributed by atoms with van der Waals surface area (Å²) >= 11 is 1.55. The molecule has 2 aromatic rings. The molecule has 0 heterocycles. The van der Waals surface area contributed by atoms with Crippen molar-refractivity contribution >= 4 is 17.4 Å². The minimum absolute atomic E-state index is 0.0592. The van der Waals surface area contributed by atoms with Gasteiger partial charge >= 0.3 is 0 Å². The third-order valence-corrected chi connectivity index (χ3v) is 3.98. The fourth-order valence-electron chi connectivity index (χ4n) is 1.88. The zero-order chi connectivity index (χ0) is 14.5. The van der Waals surface area contributed by atoms with E-state index in [1.807, 2.05) is 30.3 Å². The second-order valence-electron chi connectivity index (χ2n) is 4.48. The number of benzene rings is 2. The average Bonchev–Trinajstić information content (AvgIpc) is 2.47. The first-order valence-electron chi connectivity index (χ1n) is 6.24. The minimum atomic E-state index is -0.404. The summed E-state index contributed by atoms with van der Waals surface area (Å²) in [5, 5.41) is 20.3. The van der Waals surface area contributed by atoms with Crippen LogP contribution in [-0.2, 0) is 0 Å². The zero-order valence-electron chi connectivity index (χ0n) is 11.0. The lowest BCUT2D eigenvalue weighted by atomic mass is 10.0. The first-order valence-corrected chi connectivity index (χ1v) is 7.05. The molecule has 0 aliphatic heterocycles. The monoisotopic (exact) mass is 289 g/mol. The van der Waals surface area contributed by atoms with Crippen molar-refractivity contribution in [1.82, 2.24) is 0 Å². The molecular weight excluding hydrogens is 274 g/mol. The van der Waals surface area contributed by atoms with Crippen LogP contribution in [0, 0.1) is 10.1 Å². The first kappa shape index (κ1) is 14.6. The molecule has 5 heteroatoms. The number of nitro benzene ring substituents is 1. The Hall–Kier alpha value is -1.85. The number of rotatable bonds is 5. The second kappa shape index (κ2) is 6.54. The molecule has 0 aliphatic carbocycles. The predicted molar refractivity (Wildman–Crippen MR) is 79.2 cm³/mol. The zero-order valence-corrected chi connectivity index (χ0v) is 11.8. The van der Waals surface area contributed by atoms with E-state index in [2.05, 4.69) is 0 Å². The van der Waals surface area contributed by atoms with Crippen LogP contribution in [0.5, 0.6) is 0 Å². The van der Waals surface area contributed by atoms with Crippen LogP contribution in [0.2, 0.25) is 0 Å². The quantitative estimate of drug-likeness (QED) is 0.671. The van der Waals surface area contributed by atoms with Crippen LogP contribution >= 0.6 is 11.8 Å². The summed E-state index contributed by atoms with van der Waals surface area (Å²) in [5.41, 5.74) is 0.627. The van der Waals surface area contributed by atoms with Gasteiger partial charge < -0.3 is 5.11 Å². The summed E-state index contributed by atoms with van der Waals surface area (Å²) in [4.78, 5) is 12.6. The molecule has 2 rings (SSSR count). The van der Waals surface area contributed by atoms with Crippen molar-refractivity contribution in [2.75, 3.05) is 6.61 Å². The number of aliphatic hydroxyl groups is 1. The molecule has 0 saturated heterocycles. The highest BCUT2D eigenvalue weighted by Crippen LogP contribution is 2.34. The van der Waals surface area contributed by atoms with Gasteiger partial charge in [-0.1, -0.05) is 36.9 Å². The van der Waals surface area contributed by atoms with Crippen molar-refractivity contribution in [2.45, 2.75) is 22.6 Å². The second-order valence-corrected chi connectivity index (χ2v) is 5.62. The van der Waals surface area contributed by atoms with Gasteiger partial charge in [0, 0.05) is 33.9 Å². The number of aliphatic hydroxyl groups excluding tert-OH is 1. The van der Waals surface area contributed by atoms with E-state index in [1.54, 1.807) is 30.8 Å². The molecular formula is C15H15NO3S. The molecule has 20 heavy (non-hydrogen) atoms. The van der Waals surface area contributed by atoms with Crippen LogP contribution in [0.25, 0.3) is 0 Å². The van der Waals surface area contributed by atoms with Crippen LogP contribution in [0.1, 0.15) is 18.4 Å². The van der Waals surface area contributed by atoms with E-state index in [-0.39, 0.29) is 18.2 Å². The number of nitro groups is 1. The molecule has 104 valence electrons. The van der Waals surface area contributed by atoms with E-state index in [9.17, 15) is 15.2 Å². The normalized spacial score (nSPS) is 12.1. The third kappa shape index (κ3) is 3.37. The van der Waals surface area contributed by atoms with E-state index in [1.165, 1.54) is 6.07 Å². The molecule has 1 atom stereocenters. The summed E-state index contributed by atoms with van der Waals surface area (Å²) in [6.45, 7) is 1.67. The molecule has 0 aliphatic rings. The lowest BCUT2D eigenvalue weighted by Gasteiger charge is -2.11. The van der Waals surface area contributed by atoms with Crippen LogP contribution in [0.3, 0.4) is 0 Å². The predicted octanol–water partition coefficient (Wildman–Crippen LogP) is 3.84. The smallest absolute Gasteiger partial charge is 0.273 e. The van der Waals surface area contributed by atoms with Crippen molar-refractivity contribution in [3.8, 4) is 0 Å². The van der Waals surface area contributed by atoms with E-state index < -0.39 is 4.92 Å². The fraction of sp³-hybridized carbons (Fsp3) is 0.200. The van der Waals surface area contributed by atoms with Crippen molar-refractivity contribution in [3.05, 3.63) is 64.2 Å². The Kier molecular flexibility index (Phi) is 4.76. The fourth-order valence-corrected chi connectivity index (χ4v) is 2.77. The molecule has 2 aromatic carbocycles. The molecule has 4 nitrogen and oxygen atoms in total. The SMILES string of the molecule is CC(CO)c1cc(Sc2ccccc2)ccc1[N+](=O)[O-]. The molecule has 0 amide bonds. The highest BCUT2D eigenvalue weighted by Gasteiger charge is 2.19. The lowest BCUT2D eigenvalue weighted by molar-refractivity contribution is -0.385. The van der Waals surface area contributed by atoms with Gasteiger partial charge in [0.2, 0.25) is 0 Å². The molecule has 0 aromatic heterocycles. The average molecular weight is 289 g/mol. The molecule has 1 N–H and O–H groups in total. The van der Waals surface area contributed by atoms with Crippen LogP contribution in [-0.4, -0.2) is 16.6 Å². The van der Waals surface area contributed by atoms with Gasteiger partial charge in [0.25, 0.3) is 5.69 Å². The summed E-state index contributed by atoms with van der Waals surface area (Å²) in [6, 6.07) is 14.9. The highest BCUT2D eigenvalue weighted by molar-refractivity contribution is 7.99. The van der Waals surface area contributed by atoms with Gasteiger partial charge in [-0.05, 0) is 24.3 Å². The van der Waals surface area contributed by atoms with Gasteiger partial charge in [-0.3, -0.25) is 10.1 Å². The molecule has 0 bridgehead atoms. The van der Waals surface area contributed by atoms with Gasteiger partial charge in [0.05, 0.1) is 4.92 Å². The van der Waals surface area contributed by atoms with Gasteiger partial charge in [0.15, 0.2) is 0 Å². The Morgan fingerprint density at radius 3 is 2.50 bits per heavy atom. The van der Waals surface area contributed by atoms with E-state index >= 15 is 0 Å². The minimum Gasteiger partial charge on any atom is -0.396 e. The van der Waals surface area contributed by atoms with Crippen molar-refractivity contribution in [1.29, 1.82) is 0 Å². The maximum absolute atomic E-state index is 11.0. The third-order valence-electron chi connectivity index (χ3n) is 2.98. The maximum Gasteiger partial charge on any atom is 0.273 e. The van der Waals surface area contributed by atoms with Gasteiger partial charge in [0.1, 0.15) is 0 Å². The Bertz CT molecular complexity index is 601. The molecule has 0 radical (unpaired) electrons. The Labute approximate surface area is 121 Å². The van der Waals surface area contributed by atoms with E-state index in [0.717, 1.165) is 9.79 Å². The summed E-state index contributed by atoms with van der Waals surface area (Å²) in [5.74, 6) is -0.258. The van der Waals surface area contributed by atoms with Crippen molar-refractivity contribution < 1.29 is 10.0 Å². The largest absolute Gasteiger partial charge is 0.396 e. The van der Waals surface area contributed by atoms with Gasteiger partial charge in [-0.25, -0.2) is 0 Å². The summed E-state index contributed by atoms with van der Waals surface area (Å²) in [7, 11) is 0. The maximum atomic E-state index is 11.0. The molecule has 0 fully saturated rings. The summed E-state index contributed by atoms with van der Waals surface area (Å²) < 4.78 is 0. The molecule has 0 saturated carbocycles. The lowest BCUT2D eigenvalue weighted by Crippen LogP contribution is -2.03. The number of nitrogens with zero attached hydrogens (tertiary/aromatic N) is 1. The standard InChI is InChI=1S/C15H15NO3S/c1-11(10-17)14-9-13(7-8-15(14)16(18)19)20-12-5-3-2-4-6-12/h2-9,11,17H,10H2,1H3. The van der Waals surface area contributed by atoms with Gasteiger partial charge in [-0.15, -0.1) is 0 Å². The van der Waals surface area contributed by atoms with Crippen LogP contribution in [0.4, 0.5) is 5.69 Å². The van der Waals surface area contributed by atoms with E-state index in [4.69, 9.17) is 0 Å². The Balaban J connectivity index is 2.34. The Morgan fingerprint density at radius 2 is 1.90 bits per heavy atom. The molecule has 0 spiro atoms. The van der Waals surface area contributed by atoms with Crippen molar-refractivity contribution in [3.63, 3.8) is 0 Å². The van der Waals surface area contributed by atoms with E-state index in [0.29, 0.717) is 5.56 Å². The molecule has 1 unspecified atom stereocenters. The first-order chi connectivity index (χ1) is 9.61. The van der Waals surface area contributed by atoms with Gasteiger partial charge in [-0.2, -0.15) is 0 Å². The number of hydrogen-bond acceptors (Lipinski definition) is 4. The number of hydrogen-bond donors (Lipinski definition) is 1. The van der Waals surface area contributed by atoms with Crippen molar-refractivity contribution in [2.24, 2.45) is 0 Å². The Morgan fingerprint density at radius 1 is 1.20 bits per heavy atom. The van der Waals surface area contributed by atoms with Crippen LogP contribution in [0.15, 0.2) is 58.3 Å². The topological polar surface area (TPSA) is 63.4 Å². The highest BCUT2D eigenvalue weighted by atomic mass is 32.2. The summed E-state index contributed by atoms with van der Waals surface area (Å²) in [6.07, 6.45) is 0. The van der Waals surface area contributed by atoms with Crippen LogP contribution < -0.4 is 0 Å².